The Morgan fingerprint density at radius 3 is 2.67 bits per heavy atom. The summed E-state index contributed by atoms with van der Waals surface area (Å²) in [6.07, 6.45) is 2.79. The molecule has 0 atom stereocenters. The minimum Gasteiger partial charge on any atom is -0.330 e. The molecule has 1 aromatic rings. The Morgan fingerprint density at radius 1 is 1.40 bits per heavy atom. The lowest BCUT2D eigenvalue weighted by Gasteiger charge is -2.01. The van der Waals surface area contributed by atoms with Crippen molar-refractivity contribution in [3.63, 3.8) is 0 Å². The largest absolute Gasteiger partial charge is 0.330 e. The number of hydrogen-bond donors (Lipinski definition) is 1. The standard InChI is InChI=1S/C10H13ClN2O2/c11-9-7-8(3-1-2-6-12)4-5-10(9)13(14)15/h4-5,7H,1-3,6,12H2. The van der Waals surface area contributed by atoms with E-state index in [0.717, 1.165) is 24.8 Å². The molecule has 5 heteroatoms. The third-order valence-electron chi connectivity index (χ3n) is 2.13. The highest BCUT2D eigenvalue weighted by Crippen LogP contribution is 2.25. The molecule has 0 aliphatic carbocycles. The Bertz CT molecular complexity index is 355. The van der Waals surface area contributed by atoms with Crippen LogP contribution in [-0.4, -0.2) is 11.5 Å². The van der Waals surface area contributed by atoms with E-state index in [9.17, 15) is 10.1 Å². The molecule has 0 aliphatic heterocycles. The van der Waals surface area contributed by atoms with E-state index >= 15 is 0 Å². The number of aryl methyl sites for hydroxylation is 1. The Kier molecular flexibility index (Phi) is 4.52. The topological polar surface area (TPSA) is 69.2 Å². The van der Waals surface area contributed by atoms with Crippen LogP contribution in [0.4, 0.5) is 5.69 Å². The first kappa shape index (κ1) is 11.9. The predicted octanol–water partition coefficient (Wildman–Crippen LogP) is 2.53. The van der Waals surface area contributed by atoms with Crippen LogP contribution in [0, 0.1) is 10.1 Å². The zero-order chi connectivity index (χ0) is 11.3. The van der Waals surface area contributed by atoms with E-state index < -0.39 is 4.92 Å². The number of nitro benzene ring substituents is 1. The van der Waals surface area contributed by atoms with Gasteiger partial charge in [0.25, 0.3) is 5.69 Å². The Morgan fingerprint density at radius 2 is 2.13 bits per heavy atom. The van der Waals surface area contributed by atoms with Gasteiger partial charge in [-0.05, 0) is 37.4 Å². The van der Waals surface area contributed by atoms with Crippen molar-refractivity contribution in [3.05, 3.63) is 38.9 Å². The Labute approximate surface area is 93.2 Å². The van der Waals surface area contributed by atoms with Gasteiger partial charge in [0.1, 0.15) is 5.02 Å². The summed E-state index contributed by atoms with van der Waals surface area (Å²) in [5.41, 5.74) is 6.34. The normalized spacial score (nSPS) is 10.3. The number of halogens is 1. The second-order valence-corrected chi connectivity index (χ2v) is 3.70. The van der Waals surface area contributed by atoms with Crippen molar-refractivity contribution in [2.45, 2.75) is 19.3 Å². The summed E-state index contributed by atoms with van der Waals surface area (Å²) in [7, 11) is 0. The number of nitrogens with zero attached hydrogens (tertiary/aromatic N) is 1. The average molecular weight is 229 g/mol. The lowest BCUT2D eigenvalue weighted by molar-refractivity contribution is -0.384. The van der Waals surface area contributed by atoms with Gasteiger partial charge < -0.3 is 5.73 Å². The van der Waals surface area contributed by atoms with Crippen LogP contribution in [-0.2, 0) is 6.42 Å². The summed E-state index contributed by atoms with van der Waals surface area (Å²) in [4.78, 5) is 10.0. The fourth-order valence-electron chi connectivity index (χ4n) is 1.33. The van der Waals surface area contributed by atoms with Gasteiger partial charge >= 0.3 is 0 Å². The Hall–Kier alpha value is -1.13. The molecule has 15 heavy (non-hydrogen) atoms. The van der Waals surface area contributed by atoms with Gasteiger partial charge in [0.15, 0.2) is 0 Å². The van der Waals surface area contributed by atoms with Gasteiger partial charge in [-0.1, -0.05) is 17.7 Å². The van der Waals surface area contributed by atoms with Crippen molar-refractivity contribution in [2.24, 2.45) is 5.73 Å². The fraction of sp³-hybridized carbons (Fsp3) is 0.400. The van der Waals surface area contributed by atoms with E-state index in [0.29, 0.717) is 6.54 Å². The summed E-state index contributed by atoms with van der Waals surface area (Å²) in [6, 6.07) is 4.83. The van der Waals surface area contributed by atoms with Crippen LogP contribution in [0.25, 0.3) is 0 Å². The van der Waals surface area contributed by atoms with Gasteiger partial charge in [0, 0.05) is 6.07 Å². The quantitative estimate of drug-likeness (QED) is 0.478. The molecule has 0 amide bonds. The molecule has 0 spiro atoms. The number of benzene rings is 1. The average Bonchev–Trinajstić information content (AvgIpc) is 2.17. The van der Waals surface area contributed by atoms with Crippen molar-refractivity contribution in [3.8, 4) is 0 Å². The molecule has 82 valence electrons. The molecule has 1 rings (SSSR count). The maximum absolute atomic E-state index is 10.5. The monoisotopic (exact) mass is 228 g/mol. The second kappa shape index (κ2) is 5.68. The number of unbranched alkanes of at least 4 members (excludes halogenated alkanes) is 1. The van der Waals surface area contributed by atoms with Crippen molar-refractivity contribution >= 4 is 17.3 Å². The molecule has 0 saturated carbocycles. The smallest absolute Gasteiger partial charge is 0.287 e. The molecule has 0 saturated heterocycles. The molecule has 1 aromatic carbocycles. The van der Waals surface area contributed by atoms with Gasteiger partial charge in [-0.3, -0.25) is 10.1 Å². The molecular formula is C10H13ClN2O2. The first-order valence-corrected chi connectivity index (χ1v) is 5.16. The number of rotatable bonds is 5. The highest BCUT2D eigenvalue weighted by atomic mass is 35.5. The minimum atomic E-state index is -0.480. The molecule has 0 bridgehead atoms. The van der Waals surface area contributed by atoms with Crippen LogP contribution in [0.2, 0.25) is 5.02 Å². The minimum absolute atomic E-state index is 0.0424. The van der Waals surface area contributed by atoms with Gasteiger partial charge in [-0.25, -0.2) is 0 Å². The summed E-state index contributed by atoms with van der Waals surface area (Å²) in [5, 5.41) is 10.7. The molecule has 0 fully saturated rings. The van der Waals surface area contributed by atoms with E-state index in [4.69, 9.17) is 17.3 Å². The van der Waals surface area contributed by atoms with Crippen LogP contribution < -0.4 is 5.73 Å². The summed E-state index contributed by atoms with van der Waals surface area (Å²) < 4.78 is 0. The predicted molar refractivity (Wildman–Crippen MR) is 60.1 cm³/mol. The van der Waals surface area contributed by atoms with E-state index in [-0.39, 0.29) is 10.7 Å². The van der Waals surface area contributed by atoms with E-state index in [1.54, 1.807) is 12.1 Å². The molecule has 0 aliphatic rings. The second-order valence-electron chi connectivity index (χ2n) is 3.29. The Balaban J connectivity index is 2.69. The van der Waals surface area contributed by atoms with E-state index in [2.05, 4.69) is 0 Å². The van der Waals surface area contributed by atoms with Crippen molar-refractivity contribution in [1.82, 2.24) is 0 Å². The van der Waals surface area contributed by atoms with Gasteiger partial charge in [-0.15, -0.1) is 0 Å². The first-order chi connectivity index (χ1) is 7.15. The molecule has 0 aromatic heterocycles. The van der Waals surface area contributed by atoms with Gasteiger partial charge in [0.2, 0.25) is 0 Å². The maximum Gasteiger partial charge on any atom is 0.287 e. The molecule has 0 radical (unpaired) electrons. The number of nitro groups is 1. The first-order valence-electron chi connectivity index (χ1n) is 4.78. The van der Waals surface area contributed by atoms with E-state index in [1.807, 2.05) is 0 Å². The van der Waals surface area contributed by atoms with Crippen LogP contribution in [0.1, 0.15) is 18.4 Å². The zero-order valence-corrected chi connectivity index (χ0v) is 9.04. The van der Waals surface area contributed by atoms with Crippen LogP contribution >= 0.6 is 11.6 Å². The lowest BCUT2D eigenvalue weighted by Crippen LogP contribution is -1.99. The summed E-state index contributed by atoms with van der Waals surface area (Å²) in [6.45, 7) is 0.667. The van der Waals surface area contributed by atoms with Crippen molar-refractivity contribution in [1.29, 1.82) is 0 Å². The van der Waals surface area contributed by atoms with E-state index in [1.165, 1.54) is 6.07 Å². The third kappa shape index (κ3) is 3.49. The molecule has 0 heterocycles. The summed E-state index contributed by atoms with van der Waals surface area (Å²) in [5.74, 6) is 0. The lowest BCUT2D eigenvalue weighted by atomic mass is 10.1. The zero-order valence-electron chi connectivity index (χ0n) is 8.28. The molecule has 2 N–H and O–H groups in total. The van der Waals surface area contributed by atoms with Gasteiger partial charge in [-0.2, -0.15) is 0 Å². The van der Waals surface area contributed by atoms with Crippen LogP contribution in [0.3, 0.4) is 0 Å². The highest BCUT2D eigenvalue weighted by molar-refractivity contribution is 6.32. The third-order valence-corrected chi connectivity index (χ3v) is 2.43. The van der Waals surface area contributed by atoms with Crippen LogP contribution in [0.5, 0.6) is 0 Å². The molecule has 0 unspecified atom stereocenters. The molecular weight excluding hydrogens is 216 g/mol. The number of nitrogens with two attached hydrogens (primary N) is 1. The van der Waals surface area contributed by atoms with Crippen molar-refractivity contribution in [2.75, 3.05) is 6.54 Å². The van der Waals surface area contributed by atoms with Crippen molar-refractivity contribution < 1.29 is 4.92 Å². The SMILES string of the molecule is NCCCCc1ccc([N+](=O)[O-])c(Cl)c1. The molecule has 4 nitrogen and oxygen atoms in total. The maximum atomic E-state index is 10.5. The highest BCUT2D eigenvalue weighted by Gasteiger charge is 2.11. The van der Waals surface area contributed by atoms with Crippen LogP contribution in [0.15, 0.2) is 18.2 Å². The van der Waals surface area contributed by atoms with Gasteiger partial charge in [0.05, 0.1) is 4.92 Å². The summed E-state index contributed by atoms with van der Waals surface area (Å²) >= 11 is 5.77. The fourth-order valence-corrected chi connectivity index (χ4v) is 1.60. The number of hydrogen-bond acceptors (Lipinski definition) is 3.